The summed E-state index contributed by atoms with van der Waals surface area (Å²) in [4.78, 5) is 0. The van der Waals surface area contributed by atoms with Gasteiger partial charge in [-0.05, 0) is 19.2 Å². The molecule has 0 radical (unpaired) electrons. The van der Waals surface area contributed by atoms with Gasteiger partial charge in [-0.1, -0.05) is 6.07 Å². The van der Waals surface area contributed by atoms with Crippen LogP contribution in [0, 0.1) is 11.6 Å². The van der Waals surface area contributed by atoms with Crippen LogP contribution in [0.5, 0.6) is 5.75 Å². The molecule has 5 heteroatoms. The zero-order valence-corrected chi connectivity index (χ0v) is 8.34. The highest BCUT2D eigenvalue weighted by Crippen LogP contribution is 2.20. The largest absolute Gasteiger partial charge is 0.486 e. The third-order valence-corrected chi connectivity index (χ3v) is 1.98. The molecule has 0 bridgehead atoms. The Labute approximate surface area is 86.7 Å². The van der Waals surface area contributed by atoms with Gasteiger partial charge in [0.1, 0.15) is 6.61 Å². The Hall–Kier alpha value is -1.20. The third kappa shape index (κ3) is 3.14. The van der Waals surface area contributed by atoms with Gasteiger partial charge in [-0.3, -0.25) is 0 Å². The summed E-state index contributed by atoms with van der Waals surface area (Å²) >= 11 is 0. The number of aliphatic hydroxyl groups is 1. The number of benzene rings is 1. The maximum atomic E-state index is 13.1. The zero-order chi connectivity index (χ0) is 11.3. The molecule has 0 fully saturated rings. The van der Waals surface area contributed by atoms with Gasteiger partial charge in [0.15, 0.2) is 17.4 Å². The van der Waals surface area contributed by atoms with Crippen LogP contribution in [0.2, 0.25) is 0 Å². The van der Waals surface area contributed by atoms with Crippen LogP contribution >= 0.6 is 0 Å². The van der Waals surface area contributed by atoms with E-state index in [4.69, 9.17) is 9.84 Å². The Kier molecular flexibility index (Phi) is 4.45. The minimum atomic E-state index is -0.747. The second-order valence-electron chi connectivity index (χ2n) is 3.03. The molecule has 0 saturated carbocycles. The average Bonchev–Trinajstić information content (AvgIpc) is 2.23. The third-order valence-electron chi connectivity index (χ3n) is 1.98. The number of likely N-dealkylation sites (N-methyl/N-ethyl adjacent to an activating group) is 1. The molecular formula is C10H13F2NO2. The van der Waals surface area contributed by atoms with Crippen molar-refractivity contribution in [2.45, 2.75) is 6.04 Å². The van der Waals surface area contributed by atoms with E-state index in [0.717, 1.165) is 12.1 Å². The van der Waals surface area contributed by atoms with Gasteiger partial charge in [0.25, 0.3) is 0 Å². The van der Waals surface area contributed by atoms with Crippen LogP contribution in [0.3, 0.4) is 0 Å². The van der Waals surface area contributed by atoms with Gasteiger partial charge in [-0.15, -0.1) is 0 Å². The lowest BCUT2D eigenvalue weighted by molar-refractivity contribution is 0.181. The first-order chi connectivity index (χ1) is 7.19. The molecule has 0 saturated heterocycles. The standard InChI is InChI=1S/C10H13F2NO2/c1-13-7(5-14)6-15-10-8(11)3-2-4-9(10)12/h2-4,7,13-14H,5-6H2,1H3. The molecule has 0 aromatic heterocycles. The van der Waals surface area contributed by atoms with Crippen molar-refractivity contribution in [1.82, 2.24) is 5.32 Å². The normalized spacial score (nSPS) is 12.5. The number of hydrogen-bond acceptors (Lipinski definition) is 3. The van der Waals surface area contributed by atoms with Crippen molar-refractivity contribution < 1.29 is 18.6 Å². The van der Waals surface area contributed by atoms with Gasteiger partial charge in [0, 0.05) is 0 Å². The van der Waals surface area contributed by atoms with Crippen LogP contribution in [0.25, 0.3) is 0 Å². The van der Waals surface area contributed by atoms with Crippen molar-refractivity contribution in [1.29, 1.82) is 0 Å². The molecule has 3 nitrogen and oxygen atoms in total. The summed E-state index contributed by atoms with van der Waals surface area (Å²) in [5, 5.41) is 11.6. The minimum absolute atomic E-state index is 0.00481. The van der Waals surface area contributed by atoms with Crippen LogP contribution < -0.4 is 10.1 Å². The maximum Gasteiger partial charge on any atom is 0.190 e. The molecule has 0 spiro atoms. The highest BCUT2D eigenvalue weighted by atomic mass is 19.1. The van der Waals surface area contributed by atoms with E-state index in [0.29, 0.717) is 0 Å². The molecule has 84 valence electrons. The number of nitrogens with one attached hydrogen (secondary N) is 1. The molecule has 0 amide bonds. The molecule has 15 heavy (non-hydrogen) atoms. The molecule has 0 aliphatic heterocycles. The zero-order valence-electron chi connectivity index (χ0n) is 8.34. The Morgan fingerprint density at radius 2 is 2.00 bits per heavy atom. The summed E-state index contributed by atoms with van der Waals surface area (Å²) in [5.41, 5.74) is 0. The Bertz CT molecular complexity index is 296. The minimum Gasteiger partial charge on any atom is -0.486 e. The lowest BCUT2D eigenvalue weighted by atomic mass is 10.3. The lowest BCUT2D eigenvalue weighted by Gasteiger charge is -2.14. The molecule has 1 aromatic rings. The summed E-state index contributed by atoms with van der Waals surface area (Å²) in [7, 11) is 1.63. The summed E-state index contributed by atoms with van der Waals surface area (Å²) < 4.78 is 31.1. The summed E-state index contributed by atoms with van der Waals surface area (Å²) in [6.45, 7) is -0.155. The molecule has 1 aromatic carbocycles. The highest BCUT2D eigenvalue weighted by Gasteiger charge is 2.12. The van der Waals surface area contributed by atoms with E-state index in [1.807, 2.05) is 0 Å². The van der Waals surface area contributed by atoms with Crippen LogP contribution in [-0.2, 0) is 0 Å². The quantitative estimate of drug-likeness (QED) is 0.770. The molecule has 1 atom stereocenters. The monoisotopic (exact) mass is 217 g/mol. The van der Waals surface area contributed by atoms with Crippen molar-refractivity contribution >= 4 is 0 Å². The first kappa shape index (κ1) is 11.9. The first-order valence-corrected chi connectivity index (χ1v) is 4.54. The summed E-state index contributed by atoms with van der Waals surface area (Å²) in [6.07, 6.45) is 0. The summed E-state index contributed by atoms with van der Waals surface area (Å²) in [5.74, 6) is -1.91. The second kappa shape index (κ2) is 5.63. The predicted molar refractivity (Wildman–Crippen MR) is 51.8 cm³/mol. The fraction of sp³-hybridized carbons (Fsp3) is 0.400. The van der Waals surface area contributed by atoms with E-state index >= 15 is 0 Å². The van der Waals surface area contributed by atoms with E-state index in [9.17, 15) is 8.78 Å². The number of ether oxygens (including phenoxy) is 1. The van der Waals surface area contributed by atoms with Crippen molar-refractivity contribution in [2.24, 2.45) is 0 Å². The van der Waals surface area contributed by atoms with E-state index in [2.05, 4.69) is 5.32 Å². The Balaban J connectivity index is 2.64. The maximum absolute atomic E-state index is 13.1. The molecule has 0 aliphatic rings. The van der Waals surface area contributed by atoms with E-state index in [-0.39, 0.29) is 19.3 Å². The number of rotatable bonds is 5. The van der Waals surface area contributed by atoms with Crippen molar-refractivity contribution in [3.05, 3.63) is 29.8 Å². The SMILES string of the molecule is CNC(CO)COc1c(F)cccc1F. The molecule has 1 rings (SSSR count). The van der Waals surface area contributed by atoms with Gasteiger partial charge >= 0.3 is 0 Å². The number of hydrogen-bond donors (Lipinski definition) is 2. The van der Waals surface area contributed by atoms with Crippen molar-refractivity contribution in [3.8, 4) is 5.75 Å². The first-order valence-electron chi connectivity index (χ1n) is 4.54. The highest BCUT2D eigenvalue weighted by molar-refractivity contribution is 5.26. The Morgan fingerprint density at radius 3 is 2.47 bits per heavy atom. The van der Waals surface area contributed by atoms with E-state index in [1.54, 1.807) is 7.05 Å². The molecule has 0 heterocycles. The van der Waals surface area contributed by atoms with Gasteiger partial charge < -0.3 is 15.2 Å². The van der Waals surface area contributed by atoms with E-state index < -0.39 is 17.4 Å². The van der Waals surface area contributed by atoms with Gasteiger partial charge in [0.2, 0.25) is 0 Å². The van der Waals surface area contributed by atoms with Gasteiger partial charge in [0.05, 0.1) is 12.6 Å². The second-order valence-corrected chi connectivity index (χ2v) is 3.03. The van der Waals surface area contributed by atoms with Crippen LogP contribution in [0.15, 0.2) is 18.2 Å². The van der Waals surface area contributed by atoms with Crippen LogP contribution in [0.1, 0.15) is 0 Å². The smallest absolute Gasteiger partial charge is 0.190 e. The lowest BCUT2D eigenvalue weighted by Crippen LogP contribution is -2.35. The summed E-state index contributed by atoms with van der Waals surface area (Å²) in [6, 6.07) is 3.15. The number of halogens is 2. The number of aliphatic hydroxyl groups excluding tert-OH is 1. The van der Waals surface area contributed by atoms with Gasteiger partial charge in [-0.2, -0.15) is 0 Å². The topological polar surface area (TPSA) is 41.5 Å². The predicted octanol–water partition coefficient (Wildman–Crippen LogP) is 0.924. The molecule has 2 N–H and O–H groups in total. The van der Waals surface area contributed by atoms with Crippen molar-refractivity contribution in [2.75, 3.05) is 20.3 Å². The van der Waals surface area contributed by atoms with Crippen LogP contribution in [-0.4, -0.2) is 31.4 Å². The molecule has 1 unspecified atom stereocenters. The van der Waals surface area contributed by atoms with E-state index in [1.165, 1.54) is 6.07 Å². The molecule has 0 aliphatic carbocycles. The number of para-hydroxylation sites is 1. The molecular weight excluding hydrogens is 204 g/mol. The Morgan fingerprint density at radius 1 is 1.40 bits per heavy atom. The average molecular weight is 217 g/mol. The van der Waals surface area contributed by atoms with Crippen LogP contribution in [0.4, 0.5) is 8.78 Å². The van der Waals surface area contributed by atoms with Crippen molar-refractivity contribution in [3.63, 3.8) is 0 Å². The fourth-order valence-corrected chi connectivity index (χ4v) is 1.03. The van der Waals surface area contributed by atoms with Gasteiger partial charge in [-0.25, -0.2) is 8.78 Å². The fourth-order valence-electron chi connectivity index (χ4n) is 1.03.